The maximum atomic E-state index is 13.1. The third-order valence-electron chi connectivity index (χ3n) is 4.73. The molecule has 0 radical (unpaired) electrons. The van der Waals surface area contributed by atoms with Crippen molar-refractivity contribution in [2.75, 3.05) is 18.5 Å². The van der Waals surface area contributed by atoms with Crippen molar-refractivity contribution in [3.8, 4) is 11.5 Å². The maximum Gasteiger partial charge on any atom is 0.332 e. The van der Waals surface area contributed by atoms with Crippen LogP contribution in [-0.2, 0) is 10.2 Å². The molecule has 1 amide bonds. The van der Waals surface area contributed by atoms with Gasteiger partial charge >= 0.3 is 10.2 Å². The summed E-state index contributed by atoms with van der Waals surface area (Å²) in [4.78, 5) is 11.7. The highest BCUT2D eigenvalue weighted by Crippen LogP contribution is 2.19. The lowest BCUT2D eigenvalue weighted by Gasteiger charge is -2.10. The highest BCUT2D eigenvalue weighted by Gasteiger charge is 2.15. The minimum atomic E-state index is -4.89. The molecule has 0 saturated heterocycles. The zero-order valence-electron chi connectivity index (χ0n) is 18.2. The third-order valence-corrected chi connectivity index (χ3v) is 5.55. The van der Waals surface area contributed by atoms with E-state index < -0.39 is 21.0 Å². The highest BCUT2D eigenvalue weighted by molar-refractivity contribution is 7.86. The average molecular weight is 486 g/mol. The first-order valence-corrected chi connectivity index (χ1v) is 11.8. The first-order valence-electron chi connectivity index (χ1n) is 10.4. The van der Waals surface area contributed by atoms with Gasteiger partial charge in [-0.2, -0.15) is 8.42 Å². The largest absolute Gasteiger partial charge is 0.494 e. The molecule has 10 heteroatoms. The lowest BCUT2D eigenvalue weighted by atomic mass is 10.2. The van der Waals surface area contributed by atoms with E-state index in [0.717, 1.165) is 25.0 Å². The molecule has 0 atom stereocenters. The molecule has 0 saturated carbocycles. The first-order chi connectivity index (χ1) is 16.2. The van der Waals surface area contributed by atoms with E-state index in [1.165, 1.54) is 12.1 Å². The number of rotatable bonds is 11. The molecule has 0 aromatic heterocycles. The van der Waals surface area contributed by atoms with Crippen LogP contribution in [0.2, 0.25) is 0 Å². The fourth-order valence-electron chi connectivity index (χ4n) is 2.94. The van der Waals surface area contributed by atoms with E-state index in [0.29, 0.717) is 36.0 Å². The number of hydrogen-bond acceptors (Lipinski definition) is 6. The maximum absolute atomic E-state index is 13.1. The lowest BCUT2D eigenvalue weighted by molar-refractivity contribution is 0.102. The van der Waals surface area contributed by atoms with Crippen LogP contribution in [0, 0.1) is 5.41 Å². The van der Waals surface area contributed by atoms with Crippen LogP contribution < -0.4 is 20.5 Å². The number of amides is 1. The molecular formula is C24H24FN3O5S. The molecule has 0 unspecified atom stereocenters. The topological polar surface area (TPSA) is 132 Å². The molecule has 0 bridgehead atoms. The van der Waals surface area contributed by atoms with E-state index in [9.17, 15) is 17.1 Å². The van der Waals surface area contributed by atoms with E-state index >= 15 is 0 Å². The van der Waals surface area contributed by atoms with Gasteiger partial charge in [-0.15, -0.1) is 3.89 Å². The quantitative estimate of drug-likeness (QED) is 0.162. The summed E-state index contributed by atoms with van der Waals surface area (Å²) in [5.41, 5.74) is 6.57. The van der Waals surface area contributed by atoms with Crippen LogP contribution in [0.3, 0.4) is 0 Å². The number of benzene rings is 3. The Bertz CT molecular complexity index is 1250. The number of nitrogens with one attached hydrogen (secondary N) is 2. The molecule has 3 aromatic rings. The molecule has 0 spiro atoms. The summed E-state index contributed by atoms with van der Waals surface area (Å²) in [6.45, 7) is 1.02. The number of halogens is 1. The van der Waals surface area contributed by atoms with Crippen molar-refractivity contribution in [2.24, 2.45) is 5.73 Å². The van der Waals surface area contributed by atoms with Gasteiger partial charge in [0, 0.05) is 16.8 Å². The van der Waals surface area contributed by atoms with Gasteiger partial charge in [0.05, 0.1) is 18.1 Å². The zero-order valence-corrected chi connectivity index (χ0v) is 19.0. The van der Waals surface area contributed by atoms with Crippen molar-refractivity contribution < 1.29 is 26.6 Å². The minimum absolute atomic E-state index is 0.0140. The number of anilines is 1. The predicted octanol–water partition coefficient (Wildman–Crippen LogP) is 4.12. The van der Waals surface area contributed by atoms with Crippen molar-refractivity contribution >= 4 is 27.7 Å². The standard InChI is InChI=1S/C24H24FN3O5S/c25-34(30,31)22-5-3-4-18(16-22)24(29)28-19-8-12-21(13-9-19)33-15-2-1-14-32-20-10-6-17(7-11-20)23(26)27/h3-13,16H,1-2,14-15H2,(H3,26,27)(H,28,29). The van der Waals surface area contributed by atoms with E-state index in [4.69, 9.17) is 20.6 Å². The highest BCUT2D eigenvalue weighted by atomic mass is 32.3. The number of carbonyl (C=O) groups excluding carboxylic acids is 1. The molecule has 3 aromatic carbocycles. The number of ether oxygens (including phenoxy) is 2. The van der Waals surface area contributed by atoms with E-state index in [1.54, 1.807) is 48.5 Å². The Labute approximate surface area is 197 Å². The van der Waals surface area contributed by atoms with Gasteiger partial charge in [-0.1, -0.05) is 6.07 Å². The Balaban J connectivity index is 1.39. The van der Waals surface area contributed by atoms with Crippen molar-refractivity contribution in [1.29, 1.82) is 5.41 Å². The molecule has 3 rings (SSSR count). The fraction of sp³-hybridized carbons (Fsp3) is 0.167. The van der Waals surface area contributed by atoms with Crippen molar-refractivity contribution in [1.82, 2.24) is 0 Å². The SMILES string of the molecule is N=C(N)c1ccc(OCCCCOc2ccc(NC(=O)c3cccc(S(=O)(=O)F)c3)cc2)cc1. The minimum Gasteiger partial charge on any atom is -0.494 e. The summed E-state index contributed by atoms with van der Waals surface area (Å²) in [6, 6.07) is 18.5. The Morgan fingerprint density at radius 2 is 1.44 bits per heavy atom. The third kappa shape index (κ3) is 7.31. The molecule has 0 aliphatic rings. The second-order valence-electron chi connectivity index (χ2n) is 7.29. The second kappa shape index (κ2) is 11.3. The smallest absolute Gasteiger partial charge is 0.332 e. The van der Waals surface area contributed by atoms with Gasteiger partial charge in [0.2, 0.25) is 0 Å². The van der Waals surface area contributed by atoms with Gasteiger partial charge in [-0.25, -0.2) is 0 Å². The van der Waals surface area contributed by atoms with E-state index in [2.05, 4.69) is 5.32 Å². The number of amidine groups is 1. The van der Waals surface area contributed by atoms with Gasteiger partial charge in [0.25, 0.3) is 5.91 Å². The molecule has 34 heavy (non-hydrogen) atoms. The van der Waals surface area contributed by atoms with Gasteiger partial charge in [-0.05, 0) is 79.6 Å². The Morgan fingerprint density at radius 1 is 0.882 bits per heavy atom. The molecule has 8 nitrogen and oxygen atoms in total. The van der Waals surface area contributed by atoms with Crippen LogP contribution >= 0.6 is 0 Å². The molecule has 4 N–H and O–H groups in total. The monoisotopic (exact) mass is 485 g/mol. The molecule has 0 aliphatic heterocycles. The number of hydrogen-bond donors (Lipinski definition) is 3. The summed E-state index contributed by atoms with van der Waals surface area (Å²) in [7, 11) is -4.89. The van der Waals surface area contributed by atoms with Crippen molar-refractivity contribution in [3.05, 3.63) is 83.9 Å². The first kappa shape index (κ1) is 24.7. The van der Waals surface area contributed by atoms with Gasteiger partial charge < -0.3 is 20.5 Å². The number of carbonyl (C=O) groups is 1. The fourth-order valence-corrected chi connectivity index (χ4v) is 3.45. The van der Waals surface area contributed by atoms with Crippen LogP contribution in [0.5, 0.6) is 11.5 Å². The molecule has 0 fully saturated rings. The zero-order chi connectivity index (χ0) is 24.6. The Kier molecular flexibility index (Phi) is 8.20. The van der Waals surface area contributed by atoms with Crippen molar-refractivity contribution in [3.63, 3.8) is 0 Å². The summed E-state index contributed by atoms with van der Waals surface area (Å²) in [5.74, 6) is 0.793. The summed E-state index contributed by atoms with van der Waals surface area (Å²) in [6.07, 6.45) is 1.56. The normalized spacial score (nSPS) is 11.0. The summed E-state index contributed by atoms with van der Waals surface area (Å²) in [5, 5.41) is 9.99. The molecule has 0 heterocycles. The average Bonchev–Trinajstić information content (AvgIpc) is 2.82. The van der Waals surface area contributed by atoms with Crippen LogP contribution in [0.15, 0.2) is 77.7 Å². The van der Waals surface area contributed by atoms with Gasteiger partial charge in [-0.3, -0.25) is 10.2 Å². The Hall–Kier alpha value is -3.92. The van der Waals surface area contributed by atoms with E-state index in [-0.39, 0.29) is 11.4 Å². The summed E-state index contributed by atoms with van der Waals surface area (Å²) >= 11 is 0. The molecule has 0 aliphatic carbocycles. The second-order valence-corrected chi connectivity index (χ2v) is 8.63. The van der Waals surface area contributed by atoms with Crippen LogP contribution in [0.4, 0.5) is 9.57 Å². The Morgan fingerprint density at radius 3 is 1.97 bits per heavy atom. The number of nitrogens with two attached hydrogens (primary N) is 1. The van der Waals surface area contributed by atoms with Crippen molar-refractivity contribution in [2.45, 2.75) is 17.7 Å². The number of unbranched alkanes of at least 4 members (excludes halogenated alkanes) is 1. The molecular weight excluding hydrogens is 461 g/mol. The van der Waals surface area contributed by atoms with Gasteiger partial charge in [0.1, 0.15) is 17.3 Å². The van der Waals surface area contributed by atoms with Crippen LogP contribution in [0.25, 0.3) is 0 Å². The van der Waals surface area contributed by atoms with E-state index in [1.807, 2.05) is 0 Å². The lowest BCUT2D eigenvalue weighted by Crippen LogP contribution is -2.12. The van der Waals surface area contributed by atoms with Gasteiger partial charge in [0.15, 0.2) is 0 Å². The predicted molar refractivity (Wildman–Crippen MR) is 127 cm³/mol. The van der Waals surface area contributed by atoms with Crippen LogP contribution in [0.1, 0.15) is 28.8 Å². The number of nitrogen functional groups attached to an aromatic ring is 1. The molecule has 178 valence electrons. The van der Waals surface area contributed by atoms with Crippen LogP contribution in [-0.4, -0.2) is 33.4 Å². The summed E-state index contributed by atoms with van der Waals surface area (Å²) < 4.78 is 46.5.